The van der Waals surface area contributed by atoms with Gasteiger partial charge in [0.2, 0.25) is 0 Å². The van der Waals surface area contributed by atoms with E-state index in [-0.39, 0.29) is 17.6 Å². The van der Waals surface area contributed by atoms with Crippen LogP contribution in [0.2, 0.25) is 0 Å². The number of hydrogen-bond acceptors (Lipinski definition) is 5. The maximum Gasteiger partial charge on any atom is 0.318 e. The largest absolute Gasteiger partial charge is 0.348 e. The first-order valence-corrected chi connectivity index (χ1v) is 10.0. The second-order valence-corrected chi connectivity index (χ2v) is 8.17. The van der Waals surface area contributed by atoms with Gasteiger partial charge in [0, 0.05) is 25.6 Å². The van der Waals surface area contributed by atoms with Crippen LogP contribution in [-0.4, -0.2) is 56.8 Å². The predicted molar refractivity (Wildman–Crippen MR) is 101 cm³/mol. The van der Waals surface area contributed by atoms with E-state index in [0.29, 0.717) is 25.6 Å². The summed E-state index contributed by atoms with van der Waals surface area (Å²) in [5, 5.41) is 7.14. The van der Waals surface area contributed by atoms with Crippen LogP contribution in [0.5, 0.6) is 0 Å². The Labute approximate surface area is 168 Å². The number of carbonyl (C=O) groups excluding carboxylic acids is 1. The minimum Gasteiger partial charge on any atom is -0.348 e. The molecular formula is C20H24FN5O3. The topological polar surface area (TPSA) is 81.5 Å². The van der Waals surface area contributed by atoms with Gasteiger partial charge in [-0.1, -0.05) is 6.07 Å². The summed E-state index contributed by atoms with van der Waals surface area (Å²) in [4.78, 5) is 19.0. The zero-order chi connectivity index (χ0) is 20.1. The average molecular weight is 401 g/mol. The zero-order valence-electron chi connectivity index (χ0n) is 16.3. The fourth-order valence-corrected chi connectivity index (χ4v) is 4.61. The Hall–Kier alpha value is -2.52. The van der Waals surface area contributed by atoms with Crippen molar-refractivity contribution in [2.24, 2.45) is 0 Å². The third-order valence-corrected chi connectivity index (χ3v) is 6.39. The van der Waals surface area contributed by atoms with Crippen molar-refractivity contribution < 1.29 is 18.7 Å². The molecule has 2 saturated heterocycles. The lowest BCUT2D eigenvalue weighted by molar-refractivity contribution is -0.185. The van der Waals surface area contributed by atoms with E-state index in [2.05, 4.69) is 15.4 Å². The molecule has 29 heavy (non-hydrogen) atoms. The molecule has 2 aromatic heterocycles. The van der Waals surface area contributed by atoms with Crippen molar-refractivity contribution in [2.45, 2.75) is 50.0 Å². The van der Waals surface area contributed by atoms with Gasteiger partial charge < -0.3 is 19.7 Å². The minimum absolute atomic E-state index is 0.0556. The fraction of sp³-hybridized carbons (Fsp3) is 0.550. The molecule has 2 aliphatic heterocycles. The third kappa shape index (κ3) is 3.28. The molecule has 8 nitrogen and oxygen atoms in total. The van der Waals surface area contributed by atoms with E-state index in [4.69, 9.17) is 9.47 Å². The number of amides is 2. The van der Waals surface area contributed by atoms with Crippen LogP contribution in [0.4, 0.5) is 9.18 Å². The third-order valence-electron chi connectivity index (χ3n) is 6.39. The van der Waals surface area contributed by atoms with Crippen molar-refractivity contribution in [2.75, 3.05) is 19.8 Å². The van der Waals surface area contributed by atoms with Crippen LogP contribution in [0.25, 0.3) is 5.82 Å². The Bertz CT molecular complexity index is 899. The van der Waals surface area contributed by atoms with Crippen LogP contribution in [0.3, 0.4) is 0 Å². The monoisotopic (exact) mass is 401 g/mol. The Kier molecular flexibility index (Phi) is 4.32. The van der Waals surface area contributed by atoms with Crippen LogP contribution < -0.4 is 5.32 Å². The molecule has 1 atom stereocenters. The van der Waals surface area contributed by atoms with E-state index in [1.807, 2.05) is 17.9 Å². The standard InChI is InChI=1S/C20H24FN5O3/c1-14(15-2-3-17(22-10-15)26-12-16(21)11-23-26)25-13-19(24-18(25)27)4-6-20(7-5-19)28-8-9-29-20/h2-3,10-12,14H,4-9,13H2,1H3,(H,24,27)/t14-/m0/s1. The quantitative estimate of drug-likeness (QED) is 0.855. The van der Waals surface area contributed by atoms with Gasteiger partial charge in [-0.2, -0.15) is 5.10 Å². The number of rotatable bonds is 3. The minimum atomic E-state index is -0.444. The summed E-state index contributed by atoms with van der Waals surface area (Å²) >= 11 is 0. The number of urea groups is 1. The molecule has 3 fully saturated rings. The van der Waals surface area contributed by atoms with Crippen LogP contribution in [0, 0.1) is 5.82 Å². The summed E-state index contributed by atoms with van der Waals surface area (Å²) < 4.78 is 26.2. The van der Waals surface area contributed by atoms with Crippen LogP contribution >= 0.6 is 0 Å². The number of aromatic nitrogens is 3. The molecular weight excluding hydrogens is 377 g/mol. The fourth-order valence-electron chi connectivity index (χ4n) is 4.61. The lowest BCUT2D eigenvalue weighted by atomic mass is 9.79. The predicted octanol–water partition coefficient (Wildman–Crippen LogP) is 2.55. The molecule has 1 saturated carbocycles. The molecule has 2 aromatic rings. The molecule has 0 radical (unpaired) electrons. The number of ether oxygens (including phenoxy) is 2. The van der Waals surface area contributed by atoms with Crippen molar-refractivity contribution in [3.8, 4) is 5.82 Å². The first kappa shape index (κ1) is 18.5. The summed E-state index contributed by atoms with van der Waals surface area (Å²) in [6, 6.07) is 3.50. The number of pyridine rings is 1. The second-order valence-electron chi connectivity index (χ2n) is 8.17. The first-order chi connectivity index (χ1) is 14.0. The van der Waals surface area contributed by atoms with Gasteiger partial charge in [-0.3, -0.25) is 0 Å². The van der Waals surface area contributed by atoms with Crippen molar-refractivity contribution in [1.82, 2.24) is 25.0 Å². The lowest BCUT2D eigenvalue weighted by Crippen LogP contribution is -2.51. The van der Waals surface area contributed by atoms with Crippen molar-refractivity contribution in [1.29, 1.82) is 0 Å². The Morgan fingerprint density at radius 3 is 2.55 bits per heavy atom. The van der Waals surface area contributed by atoms with E-state index >= 15 is 0 Å². The van der Waals surface area contributed by atoms with Gasteiger partial charge in [0.05, 0.1) is 37.2 Å². The van der Waals surface area contributed by atoms with Gasteiger partial charge in [-0.25, -0.2) is 18.9 Å². The molecule has 154 valence electrons. The average Bonchev–Trinajstić information content (AvgIpc) is 3.44. The molecule has 1 aliphatic carbocycles. The van der Waals surface area contributed by atoms with Gasteiger partial charge in [0.15, 0.2) is 17.4 Å². The first-order valence-electron chi connectivity index (χ1n) is 10.0. The van der Waals surface area contributed by atoms with Crippen molar-refractivity contribution in [3.63, 3.8) is 0 Å². The van der Waals surface area contributed by atoms with Gasteiger partial charge in [0.25, 0.3) is 0 Å². The molecule has 4 heterocycles. The SMILES string of the molecule is C[C@@H](c1ccc(-n2cc(F)cn2)nc1)N1CC2(CCC3(CC2)OCCO3)NC1=O. The lowest BCUT2D eigenvalue weighted by Gasteiger charge is -2.41. The molecule has 0 unspecified atom stereocenters. The molecule has 3 aliphatic rings. The molecule has 1 N–H and O–H groups in total. The van der Waals surface area contributed by atoms with Gasteiger partial charge >= 0.3 is 6.03 Å². The summed E-state index contributed by atoms with van der Waals surface area (Å²) in [6.45, 7) is 3.94. The smallest absolute Gasteiger partial charge is 0.318 e. The van der Waals surface area contributed by atoms with E-state index in [9.17, 15) is 9.18 Å². The molecule has 9 heteroatoms. The zero-order valence-corrected chi connectivity index (χ0v) is 16.3. The van der Waals surface area contributed by atoms with E-state index < -0.39 is 11.6 Å². The highest BCUT2D eigenvalue weighted by Gasteiger charge is 2.51. The molecule has 2 amide bonds. The molecule has 5 rings (SSSR count). The maximum absolute atomic E-state index is 13.2. The Morgan fingerprint density at radius 2 is 1.93 bits per heavy atom. The van der Waals surface area contributed by atoms with E-state index in [0.717, 1.165) is 37.4 Å². The van der Waals surface area contributed by atoms with E-state index in [1.54, 1.807) is 12.3 Å². The molecule has 2 spiro atoms. The normalized spacial score (nSPS) is 23.7. The highest BCUT2D eigenvalue weighted by atomic mass is 19.1. The number of nitrogens with one attached hydrogen (secondary N) is 1. The molecule has 0 aromatic carbocycles. The Morgan fingerprint density at radius 1 is 1.17 bits per heavy atom. The maximum atomic E-state index is 13.2. The van der Waals surface area contributed by atoms with Crippen molar-refractivity contribution >= 4 is 6.03 Å². The summed E-state index contributed by atoms with van der Waals surface area (Å²) in [5.41, 5.74) is 0.689. The summed E-state index contributed by atoms with van der Waals surface area (Å²) in [6.07, 6.45) is 7.40. The second kappa shape index (κ2) is 6.77. The van der Waals surface area contributed by atoms with Crippen molar-refractivity contribution in [3.05, 3.63) is 42.1 Å². The number of hydrogen-bond donors (Lipinski definition) is 1. The van der Waals surface area contributed by atoms with E-state index in [1.165, 1.54) is 10.9 Å². The highest BCUT2D eigenvalue weighted by molar-refractivity contribution is 5.78. The van der Waals surface area contributed by atoms with Gasteiger partial charge in [-0.15, -0.1) is 0 Å². The molecule has 0 bridgehead atoms. The number of carbonyl (C=O) groups is 1. The highest BCUT2D eigenvalue weighted by Crippen LogP contribution is 2.43. The van der Waals surface area contributed by atoms with Crippen LogP contribution in [0.15, 0.2) is 30.7 Å². The van der Waals surface area contributed by atoms with Crippen LogP contribution in [-0.2, 0) is 9.47 Å². The number of halogens is 1. The van der Waals surface area contributed by atoms with Gasteiger partial charge in [0.1, 0.15) is 0 Å². The number of nitrogens with zero attached hydrogens (tertiary/aromatic N) is 4. The Balaban J connectivity index is 1.28. The van der Waals surface area contributed by atoms with Crippen LogP contribution in [0.1, 0.15) is 44.2 Å². The summed E-state index contributed by atoms with van der Waals surface area (Å²) in [7, 11) is 0. The van der Waals surface area contributed by atoms with Gasteiger partial charge in [-0.05, 0) is 31.4 Å². The summed E-state index contributed by atoms with van der Waals surface area (Å²) in [5.74, 6) is -0.326.